The fraction of sp³-hybridized carbons (Fsp3) is 0.652. The standard InChI is InChI=1S/C23H38N2O3Si/c1-22(2,3)27-21(26)25(7)19(17-18-13-11-10-12-14-18)20(15-16-24)28-29(8,9)23(4,5)6/h10-14,19-20H,15,17H2,1-9H3/t19-,20+/m0/s1. The summed E-state index contributed by atoms with van der Waals surface area (Å²) in [7, 11) is -0.405. The molecule has 0 fully saturated rings. The minimum absolute atomic E-state index is 0.00247. The number of carbonyl (C=O) groups is 1. The molecule has 29 heavy (non-hydrogen) atoms. The minimum atomic E-state index is -2.14. The van der Waals surface area contributed by atoms with Crippen molar-refractivity contribution < 1.29 is 14.0 Å². The highest BCUT2D eigenvalue weighted by atomic mass is 28.4. The van der Waals surface area contributed by atoms with Crippen LogP contribution in [0.15, 0.2) is 30.3 Å². The Bertz CT molecular complexity index is 700. The minimum Gasteiger partial charge on any atom is -0.444 e. The molecular weight excluding hydrogens is 380 g/mol. The summed E-state index contributed by atoms with van der Waals surface area (Å²) in [6.45, 7) is 16.4. The molecule has 0 saturated heterocycles. The molecule has 0 aliphatic carbocycles. The molecule has 0 aromatic heterocycles. The number of nitrogens with zero attached hydrogens (tertiary/aromatic N) is 2. The van der Waals surface area contributed by atoms with Crippen molar-refractivity contribution >= 4 is 14.4 Å². The molecule has 6 heteroatoms. The van der Waals surface area contributed by atoms with Gasteiger partial charge in [0.15, 0.2) is 8.32 Å². The van der Waals surface area contributed by atoms with Crippen molar-refractivity contribution in [1.82, 2.24) is 4.90 Å². The SMILES string of the molecule is CN(C(=O)OC(C)(C)C)[C@@H](Cc1ccccc1)[C@@H](CC#N)O[Si](C)(C)C(C)(C)C. The Kier molecular flexibility index (Phi) is 8.49. The van der Waals surface area contributed by atoms with Crippen molar-refractivity contribution in [2.24, 2.45) is 0 Å². The summed E-state index contributed by atoms with van der Waals surface area (Å²) >= 11 is 0. The summed E-state index contributed by atoms with van der Waals surface area (Å²) in [4.78, 5) is 14.4. The Morgan fingerprint density at radius 3 is 2.14 bits per heavy atom. The van der Waals surface area contributed by atoms with E-state index in [1.165, 1.54) is 0 Å². The highest BCUT2D eigenvalue weighted by molar-refractivity contribution is 6.74. The molecule has 0 aliphatic heterocycles. The van der Waals surface area contributed by atoms with Crippen LogP contribution in [0.2, 0.25) is 18.1 Å². The second-order valence-corrected chi connectivity index (χ2v) is 14.9. The van der Waals surface area contributed by atoms with Crippen LogP contribution >= 0.6 is 0 Å². The number of hydrogen-bond acceptors (Lipinski definition) is 4. The van der Waals surface area contributed by atoms with Crippen molar-refractivity contribution in [2.75, 3.05) is 7.05 Å². The zero-order valence-electron chi connectivity index (χ0n) is 19.6. The van der Waals surface area contributed by atoms with Gasteiger partial charge in [0.2, 0.25) is 0 Å². The van der Waals surface area contributed by atoms with E-state index in [0.29, 0.717) is 6.42 Å². The van der Waals surface area contributed by atoms with Gasteiger partial charge < -0.3 is 14.1 Å². The largest absolute Gasteiger partial charge is 0.444 e. The van der Waals surface area contributed by atoms with Crippen molar-refractivity contribution in [2.45, 2.75) is 90.3 Å². The van der Waals surface area contributed by atoms with E-state index in [9.17, 15) is 10.1 Å². The van der Waals surface area contributed by atoms with Gasteiger partial charge in [-0.05, 0) is 50.9 Å². The lowest BCUT2D eigenvalue weighted by Gasteiger charge is -2.43. The second kappa shape index (κ2) is 9.77. The summed E-state index contributed by atoms with van der Waals surface area (Å²) in [6.07, 6.45) is 0.0214. The van der Waals surface area contributed by atoms with Crippen LogP contribution in [0.25, 0.3) is 0 Å². The molecule has 0 spiro atoms. The summed E-state index contributed by atoms with van der Waals surface area (Å²) < 4.78 is 12.2. The number of likely N-dealkylation sites (N-methyl/N-ethyl adjacent to an activating group) is 1. The van der Waals surface area contributed by atoms with Gasteiger partial charge in [-0.25, -0.2) is 4.79 Å². The lowest BCUT2D eigenvalue weighted by Crippen LogP contribution is -2.53. The monoisotopic (exact) mass is 418 g/mol. The summed E-state index contributed by atoms with van der Waals surface area (Å²) in [5.74, 6) is 0. The average molecular weight is 419 g/mol. The first-order chi connectivity index (χ1) is 13.2. The number of rotatable bonds is 7. The number of nitriles is 1. The Morgan fingerprint density at radius 2 is 1.69 bits per heavy atom. The molecule has 0 heterocycles. The van der Waals surface area contributed by atoms with Crippen LogP contribution < -0.4 is 0 Å². The van der Waals surface area contributed by atoms with Crippen molar-refractivity contribution in [3.05, 3.63) is 35.9 Å². The molecule has 1 aromatic rings. The van der Waals surface area contributed by atoms with E-state index in [2.05, 4.69) is 39.9 Å². The third kappa shape index (κ3) is 7.83. The van der Waals surface area contributed by atoms with Crippen LogP contribution in [0.1, 0.15) is 53.5 Å². The molecule has 0 unspecified atom stereocenters. The van der Waals surface area contributed by atoms with Gasteiger partial charge in [0, 0.05) is 7.05 Å². The second-order valence-electron chi connectivity index (χ2n) is 10.1. The van der Waals surface area contributed by atoms with Gasteiger partial charge in [0.25, 0.3) is 0 Å². The zero-order chi connectivity index (χ0) is 22.5. The van der Waals surface area contributed by atoms with Crippen LogP contribution in [0, 0.1) is 11.3 Å². The highest BCUT2D eigenvalue weighted by Crippen LogP contribution is 2.38. The van der Waals surface area contributed by atoms with E-state index in [4.69, 9.17) is 9.16 Å². The molecule has 2 atom stereocenters. The van der Waals surface area contributed by atoms with Crippen molar-refractivity contribution in [3.63, 3.8) is 0 Å². The lowest BCUT2D eigenvalue weighted by atomic mass is 9.98. The molecule has 0 aliphatic rings. The molecule has 0 saturated carbocycles. The van der Waals surface area contributed by atoms with E-state index in [1.54, 1.807) is 11.9 Å². The van der Waals surface area contributed by atoms with E-state index >= 15 is 0 Å². The van der Waals surface area contributed by atoms with Gasteiger partial charge in [-0.3, -0.25) is 0 Å². The van der Waals surface area contributed by atoms with E-state index < -0.39 is 26.1 Å². The molecule has 1 aromatic carbocycles. The maximum absolute atomic E-state index is 12.8. The molecule has 0 radical (unpaired) electrons. The first-order valence-corrected chi connectivity index (χ1v) is 13.1. The summed E-state index contributed by atoms with van der Waals surface area (Å²) in [5, 5.41) is 9.51. The van der Waals surface area contributed by atoms with Gasteiger partial charge in [-0.15, -0.1) is 0 Å². The average Bonchev–Trinajstić information content (AvgIpc) is 2.57. The smallest absolute Gasteiger partial charge is 0.410 e. The van der Waals surface area contributed by atoms with Crippen LogP contribution in [0.5, 0.6) is 0 Å². The summed E-state index contributed by atoms with van der Waals surface area (Å²) in [5.41, 5.74) is 0.503. The van der Waals surface area contributed by atoms with Gasteiger partial charge in [-0.2, -0.15) is 5.26 Å². The first kappa shape index (κ1) is 25.2. The van der Waals surface area contributed by atoms with Crippen LogP contribution in [0.3, 0.4) is 0 Å². The maximum atomic E-state index is 12.8. The number of ether oxygens (including phenoxy) is 1. The van der Waals surface area contributed by atoms with Gasteiger partial charge in [0.05, 0.1) is 24.6 Å². The number of amides is 1. The third-order valence-corrected chi connectivity index (χ3v) is 9.94. The molecule has 162 valence electrons. The number of hydrogen-bond donors (Lipinski definition) is 0. The van der Waals surface area contributed by atoms with Gasteiger partial charge >= 0.3 is 6.09 Å². The maximum Gasteiger partial charge on any atom is 0.410 e. The Balaban J connectivity index is 3.26. The van der Waals surface area contributed by atoms with Gasteiger partial charge in [0.1, 0.15) is 5.60 Å². The predicted molar refractivity (Wildman–Crippen MR) is 120 cm³/mol. The Labute approximate surface area is 178 Å². The first-order valence-electron chi connectivity index (χ1n) is 10.2. The van der Waals surface area contributed by atoms with E-state index in [1.807, 2.05) is 51.1 Å². The topological polar surface area (TPSA) is 62.6 Å². The quantitative estimate of drug-likeness (QED) is 0.527. The van der Waals surface area contributed by atoms with Crippen molar-refractivity contribution in [1.29, 1.82) is 5.26 Å². The van der Waals surface area contributed by atoms with E-state index in [0.717, 1.165) is 5.56 Å². The fourth-order valence-electron chi connectivity index (χ4n) is 2.74. The van der Waals surface area contributed by atoms with Crippen LogP contribution in [-0.2, 0) is 15.6 Å². The van der Waals surface area contributed by atoms with E-state index in [-0.39, 0.29) is 17.5 Å². The predicted octanol–water partition coefficient (Wildman–Crippen LogP) is 5.77. The molecule has 0 bridgehead atoms. The number of benzene rings is 1. The Hall–Kier alpha value is -1.84. The third-order valence-electron chi connectivity index (χ3n) is 5.44. The number of carbonyl (C=O) groups excluding carboxylic acids is 1. The Morgan fingerprint density at radius 1 is 1.14 bits per heavy atom. The van der Waals surface area contributed by atoms with Crippen LogP contribution in [-0.4, -0.2) is 44.1 Å². The molecule has 5 nitrogen and oxygen atoms in total. The molecule has 1 amide bonds. The fourth-order valence-corrected chi connectivity index (χ4v) is 4.09. The molecular formula is C23H38N2O3Si. The summed E-state index contributed by atoms with van der Waals surface area (Å²) in [6, 6.07) is 12.0. The van der Waals surface area contributed by atoms with Crippen LogP contribution in [0.4, 0.5) is 4.79 Å². The zero-order valence-corrected chi connectivity index (χ0v) is 20.6. The molecule has 0 N–H and O–H groups in total. The lowest BCUT2D eigenvalue weighted by molar-refractivity contribution is 0.00508. The highest BCUT2D eigenvalue weighted by Gasteiger charge is 2.42. The van der Waals surface area contributed by atoms with Crippen molar-refractivity contribution in [3.8, 4) is 6.07 Å². The van der Waals surface area contributed by atoms with Gasteiger partial charge in [-0.1, -0.05) is 51.1 Å². The molecule has 1 rings (SSSR count). The normalized spacial score (nSPS) is 14.6.